The SMILES string of the molecule is C=CCc1ccc(OC)c(OC)c1.Cc1ccc(OC(=O)C(C)C)cc1. The fourth-order valence-electron chi connectivity index (χ4n) is 2.01. The molecular weight excluding hydrogens is 328 g/mol. The van der Waals surface area contributed by atoms with Crippen LogP contribution >= 0.6 is 0 Å². The number of carbonyl (C=O) groups is 1. The first-order chi connectivity index (χ1) is 12.4. The van der Waals surface area contributed by atoms with Crippen LogP contribution in [0.2, 0.25) is 0 Å². The minimum atomic E-state index is -0.191. The second-order valence-electron chi connectivity index (χ2n) is 6.07. The molecule has 0 aliphatic carbocycles. The number of ether oxygens (including phenoxy) is 3. The molecule has 0 fully saturated rings. The highest BCUT2D eigenvalue weighted by Gasteiger charge is 2.08. The normalized spacial score (nSPS) is 9.77. The maximum atomic E-state index is 11.2. The Balaban J connectivity index is 0.000000260. The zero-order valence-corrected chi connectivity index (χ0v) is 16.2. The Morgan fingerprint density at radius 2 is 1.65 bits per heavy atom. The minimum Gasteiger partial charge on any atom is -0.493 e. The lowest BCUT2D eigenvalue weighted by Gasteiger charge is -2.08. The van der Waals surface area contributed by atoms with Crippen LogP contribution in [0.4, 0.5) is 0 Å². The van der Waals surface area contributed by atoms with E-state index in [1.165, 1.54) is 5.56 Å². The fraction of sp³-hybridized carbons (Fsp3) is 0.318. The molecule has 0 bridgehead atoms. The summed E-state index contributed by atoms with van der Waals surface area (Å²) in [5.74, 6) is 1.87. The number of hydrogen-bond donors (Lipinski definition) is 0. The lowest BCUT2D eigenvalue weighted by atomic mass is 10.1. The van der Waals surface area contributed by atoms with Crippen molar-refractivity contribution in [3.63, 3.8) is 0 Å². The van der Waals surface area contributed by atoms with E-state index in [1.54, 1.807) is 26.4 Å². The van der Waals surface area contributed by atoms with Crippen molar-refractivity contribution in [1.29, 1.82) is 0 Å². The Morgan fingerprint density at radius 3 is 2.15 bits per heavy atom. The number of aryl methyl sites for hydroxylation is 1. The summed E-state index contributed by atoms with van der Waals surface area (Å²) in [7, 11) is 3.26. The third-order valence-electron chi connectivity index (χ3n) is 3.54. The van der Waals surface area contributed by atoms with Crippen molar-refractivity contribution < 1.29 is 19.0 Å². The van der Waals surface area contributed by atoms with Gasteiger partial charge >= 0.3 is 5.97 Å². The lowest BCUT2D eigenvalue weighted by Crippen LogP contribution is -2.14. The van der Waals surface area contributed by atoms with E-state index in [2.05, 4.69) is 6.58 Å². The second-order valence-corrected chi connectivity index (χ2v) is 6.07. The van der Waals surface area contributed by atoms with Gasteiger partial charge in [-0.25, -0.2) is 0 Å². The molecule has 4 nitrogen and oxygen atoms in total. The molecule has 0 N–H and O–H groups in total. The summed E-state index contributed by atoms with van der Waals surface area (Å²) < 4.78 is 15.4. The maximum Gasteiger partial charge on any atom is 0.313 e. The molecule has 0 spiro atoms. The van der Waals surface area contributed by atoms with Crippen LogP contribution < -0.4 is 14.2 Å². The molecule has 0 saturated carbocycles. The Bertz CT molecular complexity index is 703. The third-order valence-corrected chi connectivity index (χ3v) is 3.54. The van der Waals surface area contributed by atoms with E-state index >= 15 is 0 Å². The molecule has 0 aliphatic rings. The molecule has 2 aromatic rings. The molecule has 0 unspecified atom stereocenters. The minimum absolute atomic E-state index is 0.0821. The first-order valence-corrected chi connectivity index (χ1v) is 8.51. The molecule has 2 rings (SSSR count). The number of carbonyl (C=O) groups excluding carboxylic acids is 1. The molecular formula is C22H28O4. The maximum absolute atomic E-state index is 11.2. The Kier molecular flexibility index (Phi) is 8.99. The summed E-state index contributed by atoms with van der Waals surface area (Å²) in [6, 6.07) is 13.3. The van der Waals surface area contributed by atoms with E-state index in [0.717, 1.165) is 23.5 Å². The van der Waals surface area contributed by atoms with Crippen molar-refractivity contribution in [1.82, 2.24) is 0 Å². The molecule has 0 aromatic heterocycles. The molecule has 2 aromatic carbocycles. The van der Waals surface area contributed by atoms with Crippen LogP contribution in [0.15, 0.2) is 55.1 Å². The average Bonchev–Trinajstić information content (AvgIpc) is 2.64. The van der Waals surface area contributed by atoms with E-state index < -0.39 is 0 Å². The summed E-state index contributed by atoms with van der Waals surface area (Å²) in [6.07, 6.45) is 2.71. The van der Waals surface area contributed by atoms with E-state index in [1.807, 2.05) is 57.2 Å². The highest BCUT2D eigenvalue weighted by Crippen LogP contribution is 2.27. The van der Waals surface area contributed by atoms with Crippen LogP contribution in [-0.2, 0) is 11.2 Å². The van der Waals surface area contributed by atoms with Gasteiger partial charge in [0, 0.05) is 0 Å². The number of allylic oxidation sites excluding steroid dienone is 1. The quantitative estimate of drug-likeness (QED) is 0.416. The Labute approximate surface area is 156 Å². The summed E-state index contributed by atoms with van der Waals surface area (Å²) in [5, 5.41) is 0. The Morgan fingerprint density at radius 1 is 1.04 bits per heavy atom. The van der Waals surface area contributed by atoms with Crippen molar-refractivity contribution in [2.45, 2.75) is 27.2 Å². The monoisotopic (exact) mass is 356 g/mol. The van der Waals surface area contributed by atoms with Gasteiger partial charge in [-0.15, -0.1) is 6.58 Å². The topological polar surface area (TPSA) is 44.8 Å². The number of rotatable bonds is 6. The fourth-order valence-corrected chi connectivity index (χ4v) is 2.01. The van der Waals surface area contributed by atoms with Crippen LogP contribution in [0, 0.1) is 12.8 Å². The molecule has 0 saturated heterocycles. The standard InChI is InChI=1S/2C11H14O2/c1-8(2)11(12)13-10-6-4-9(3)5-7-10;1-4-5-9-6-7-10(12-2)11(8-9)13-3/h4-8H,1-3H3;4,6-8H,1,5H2,2-3H3. The van der Waals surface area contributed by atoms with E-state index in [4.69, 9.17) is 14.2 Å². The summed E-state index contributed by atoms with van der Waals surface area (Å²) in [5.41, 5.74) is 2.33. The number of benzene rings is 2. The van der Waals surface area contributed by atoms with Crippen LogP contribution in [-0.4, -0.2) is 20.2 Å². The van der Waals surface area contributed by atoms with Crippen molar-refractivity contribution in [3.05, 3.63) is 66.2 Å². The van der Waals surface area contributed by atoms with Gasteiger partial charge in [-0.3, -0.25) is 4.79 Å². The van der Waals surface area contributed by atoms with E-state index in [0.29, 0.717) is 5.75 Å². The number of methoxy groups -OCH3 is 2. The van der Waals surface area contributed by atoms with Crippen LogP contribution in [0.25, 0.3) is 0 Å². The zero-order chi connectivity index (χ0) is 19.5. The predicted molar refractivity (Wildman–Crippen MR) is 105 cm³/mol. The van der Waals surface area contributed by atoms with Gasteiger partial charge in [-0.05, 0) is 43.2 Å². The van der Waals surface area contributed by atoms with Crippen molar-refractivity contribution in [2.75, 3.05) is 14.2 Å². The van der Waals surface area contributed by atoms with Gasteiger partial charge in [0.15, 0.2) is 11.5 Å². The van der Waals surface area contributed by atoms with Gasteiger partial charge < -0.3 is 14.2 Å². The molecule has 140 valence electrons. The number of esters is 1. The van der Waals surface area contributed by atoms with Gasteiger partial charge in [0.25, 0.3) is 0 Å². The van der Waals surface area contributed by atoms with Gasteiger partial charge in [0.2, 0.25) is 0 Å². The first kappa shape index (κ1) is 21.3. The predicted octanol–water partition coefficient (Wildman–Crippen LogP) is 4.99. The van der Waals surface area contributed by atoms with E-state index in [-0.39, 0.29) is 11.9 Å². The van der Waals surface area contributed by atoms with Crippen LogP contribution in [0.1, 0.15) is 25.0 Å². The van der Waals surface area contributed by atoms with Gasteiger partial charge in [0.1, 0.15) is 5.75 Å². The van der Waals surface area contributed by atoms with Gasteiger partial charge in [-0.1, -0.05) is 43.7 Å². The summed E-state index contributed by atoms with van der Waals surface area (Å²) >= 11 is 0. The third kappa shape index (κ3) is 7.01. The number of hydrogen-bond acceptors (Lipinski definition) is 4. The molecule has 0 atom stereocenters. The summed E-state index contributed by atoms with van der Waals surface area (Å²) in [6.45, 7) is 9.31. The largest absolute Gasteiger partial charge is 0.493 e. The molecule has 0 radical (unpaired) electrons. The zero-order valence-electron chi connectivity index (χ0n) is 16.2. The lowest BCUT2D eigenvalue weighted by molar-refractivity contribution is -0.137. The highest BCUT2D eigenvalue weighted by molar-refractivity contribution is 5.74. The van der Waals surface area contributed by atoms with Crippen LogP contribution in [0.3, 0.4) is 0 Å². The Hall–Kier alpha value is -2.75. The molecule has 4 heteroatoms. The van der Waals surface area contributed by atoms with Crippen molar-refractivity contribution in [2.24, 2.45) is 5.92 Å². The highest BCUT2D eigenvalue weighted by atomic mass is 16.5. The van der Waals surface area contributed by atoms with Gasteiger partial charge in [-0.2, -0.15) is 0 Å². The van der Waals surface area contributed by atoms with Gasteiger partial charge in [0.05, 0.1) is 20.1 Å². The van der Waals surface area contributed by atoms with Crippen molar-refractivity contribution in [3.8, 4) is 17.2 Å². The average molecular weight is 356 g/mol. The smallest absolute Gasteiger partial charge is 0.313 e. The molecule has 0 aliphatic heterocycles. The summed E-state index contributed by atoms with van der Waals surface area (Å²) in [4.78, 5) is 11.2. The van der Waals surface area contributed by atoms with E-state index in [9.17, 15) is 4.79 Å². The second kappa shape index (κ2) is 11.0. The molecule has 26 heavy (non-hydrogen) atoms. The molecule has 0 amide bonds. The van der Waals surface area contributed by atoms with Crippen LogP contribution in [0.5, 0.6) is 17.2 Å². The molecule has 0 heterocycles. The van der Waals surface area contributed by atoms with Crippen molar-refractivity contribution >= 4 is 5.97 Å². The first-order valence-electron chi connectivity index (χ1n) is 8.51.